The van der Waals surface area contributed by atoms with Crippen LogP contribution in [0.15, 0.2) is 42.7 Å². The van der Waals surface area contributed by atoms with Crippen molar-refractivity contribution in [2.75, 3.05) is 43.0 Å². The van der Waals surface area contributed by atoms with Gasteiger partial charge in [-0.2, -0.15) is 0 Å². The first-order chi connectivity index (χ1) is 17.0. The lowest BCUT2D eigenvalue weighted by Gasteiger charge is -2.33. The van der Waals surface area contributed by atoms with E-state index in [1.807, 2.05) is 14.0 Å². The van der Waals surface area contributed by atoms with Gasteiger partial charge in [0.25, 0.3) is 11.8 Å². The zero-order valence-electron chi connectivity index (χ0n) is 19.7. The van der Waals surface area contributed by atoms with Crippen LogP contribution in [-0.2, 0) is 4.79 Å². The molecular weight excluding hydrogens is 479 g/mol. The van der Waals surface area contributed by atoms with Crippen molar-refractivity contribution < 1.29 is 32.3 Å². The summed E-state index contributed by atoms with van der Waals surface area (Å²) in [6.45, 7) is 4.31. The maximum atomic E-state index is 13.7. The van der Waals surface area contributed by atoms with Gasteiger partial charge in [-0.15, -0.1) is 13.2 Å². The fourth-order valence-electron chi connectivity index (χ4n) is 4.93. The summed E-state index contributed by atoms with van der Waals surface area (Å²) in [5, 5.41) is 0. The fraction of sp³-hybridized carbons (Fsp3) is 0.417. The summed E-state index contributed by atoms with van der Waals surface area (Å²) in [5.74, 6) is -1.40. The monoisotopic (exact) mass is 503 g/mol. The highest BCUT2D eigenvalue weighted by molar-refractivity contribution is 6.32. The van der Waals surface area contributed by atoms with Crippen molar-refractivity contribution >= 4 is 29.2 Å². The largest absolute Gasteiger partial charge is 0.573 e. The number of halogens is 3. The molecule has 36 heavy (non-hydrogen) atoms. The van der Waals surface area contributed by atoms with Crippen LogP contribution in [-0.4, -0.2) is 77.8 Å². The van der Waals surface area contributed by atoms with Crippen LogP contribution in [0.25, 0.3) is 0 Å². The minimum Gasteiger partial charge on any atom is -0.406 e. The number of piperazine rings is 1. The van der Waals surface area contributed by atoms with Gasteiger partial charge < -0.3 is 14.5 Å². The zero-order valence-corrected chi connectivity index (χ0v) is 19.7. The quantitative estimate of drug-likeness (QED) is 0.596. The van der Waals surface area contributed by atoms with Gasteiger partial charge in [-0.3, -0.25) is 19.5 Å². The molecule has 0 N–H and O–H groups in total. The lowest BCUT2D eigenvalue weighted by molar-refractivity contribution is -0.274. The van der Waals surface area contributed by atoms with Gasteiger partial charge in [-0.05, 0) is 49.7 Å². The number of likely N-dealkylation sites (N-methyl/N-ethyl adjacent to an activating group) is 1. The number of benzene rings is 1. The van der Waals surface area contributed by atoms with Gasteiger partial charge >= 0.3 is 12.4 Å². The maximum Gasteiger partial charge on any atom is 0.573 e. The highest BCUT2D eigenvalue weighted by Gasteiger charge is 2.71. The van der Waals surface area contributed by atoms with Gasteiger partial charge in [0.05, 0.1) is 16.9 Å². The van der Waals surface area contributed by atoms with E-state index in [9.17, 15) is 27.6 Å². The Balaban J connectivity index is 1.49. The van der Waals surface area contributed by atoms with Gasteiger partial charge in [0.15, 0.2) is 0 Å². The molecule has 12 heteroatoms. The Labute approximate surface area is 205 Å². The first-order valence-corrected chi connectivity index (χ1v) is 11.5. The third-order valence-electron chi connectivity index (χ3n) is 7.02. The van der Waals surface area contributed by atoms with E-state index in [1.165, 1.54) is 29.4 Å². The molecule has 3 aliphatic rings. The smallest absolute Gasteiger partial charge is 0.406 e. The molecule has 3 heterocycles. The van der Waals surface area contributed by atoms with Crippen LogP contribution < -0.4 is 14.5 Å². The van der Waals surface area contributed by atoms with Crippen molar-refractivity contribution in [1.29, 1.82) is 0 Å². The highest BCUT2D eigenvalue weighted by Crippen LogP contribution is 2.56. The van der Waals surface area contributed by atoms with E-state index in [-0.39, 0.29) is 28.8 Å². The Morgan fingerprint density at radius 3 is 2.31 bits per heavy atom. The molecule has 9 nitrogen and oxygen atoms in total. The number of rotatable bonds is 4. The lowest BCUT2D eigenvalue weighted by Crippen LogP contribution is -2.48. The second-order valence-electron chi connectivity index (χ2n) is 9.32. The summed E-state index contributed by atoms with van der Waals surface area (Å²) in [7, 11) is 1.97. The molecular formula is C24H24F3N5O4. The molecule has 1 aromatic carbocycles. The predicted octanol–water partition coefficient (Wildman–Crippen LogP) is 3.12. The zero-order chi connectivity index (χ0) is 25.8. The molecule has 2 unspecified atom stereocenters. The normalized spacial score (nSPS) is 24.6. The van der Waals surface area contributed by atoms with Gasteiger partial charge in [0.1, 0.15) is 11.3 Å². The van der Waals surface area contributed by atoms with Crippen LogP contribution in [0.4, 0.5) is 29.3 Å². The molecule has 4 amide bonds. The molecule has 190 valence electrons. The van der Waals surface area contributed by atoms with E-state index in [1.54, 1.807) is 11.0 Å². The van der Waals surface area contributed by atoms with Crippen LogP contribution in [0.3, 0.4) is 0 Å². The molecule has 2 atom stereocenters. The SMILES string of the molecule is CC1CC12C(=O)N(c1ccc(OC(F)(F)F)cc1)C(=O)N2c1ccncc1C(=O)N1CCN(C)CC1. The predicted molar refractivity (Wildman–Crippen MR) is 123 cm³/mol. The first kappa shape index (κ1) is 24.0. The van der Waals surface area contributed by atoms with Gasteiger partial charge in [-0.25, -0.2) is 9.69 Å². The third-order valence-corrected chi connectivity index (χ3v) is 7.02. The number of anilines is 2. The van der Waals surface area contributed by atoms with Crippen molar-refractivity contribution in [1.82, 2.24) is 14.8 Å². The van der Waals surface area contributed by atoms with Crippen molar-refractivity contribution in [3.63, 3.8) is 0 Å². The number of hydrogen-bond donors (Lipinski definition) is 0. The third kappa shape index (κ3) is 3.94. The van der Waals surface area contributed by atoms with E-state index >= 15 is 0 Å². The minimum absolute atomic E-state index is 0.112. The molecule has 3 fully saturated rings. The Bertz CT molecular complexity index is 1210. The van der Waals surface area contributed by atoms with Crippen LogP contribution in [0, 0.1) is 5.92 Å². The van der Waals surface area contributed by atoms with E-state index in [2.05, 4.69) is 14.6 Å². The van der Waals surface area contributed by atoms with E-state index in [0.29, 0.717) is 32.6 Å². The van der Waals surface area contributed by atoms with E-state index in [4.69, 9.17) is 0 Å². The van der Waals surface area contributed by atoms with Gasteiger partial charge in [-0.1, -0.05) is 6.92 Å². The number of ether oxygens (including phenoxy) is 1. The number of amides is 4. The highest BCUT2D eigenvalue weighted by atomic mass is 19.4. The summed E-state index contributed by atoms with van der Waals surface area (Å²) in [6.07, 6.45) is -1.60. The van der Waals surface area contributed by atoms with Gasteiger partial charge in [0.2, 0.25) is 0 Å². The summed E-state index contributed by atoms with van der Waals surface area (Å²) in [6, 6.07) is 5.42. The first-order valence-electron chi connectivity index (χ1n) is 11.5. The maximum absolute atomic E-state index is 13.7. The Kier molecular flexibility index (Phi) is 5.66. The molecule has 2 saturated heterocycles. The second kappa shape index (κ2) is 8.47. The summed E-state index contributed by atoms with van der Waals surface area (Å²) in [4.78, 5) is 50.9. The Morgan fingerprint density at radius 1 is 1.08 bits per heavy atom. The van der Waals surface area contributed by atoms with Crippen molar-refractivity contribution in [3.8, 4) is 5.75 Å². The van der Waals surface area contributed by atoms with Crippen LogP contribution in [0.1, 0.15) is 23.7 Å². The van der Waals surface area contributed by atoms with E-state index < -0.39 is 29.6 Å². The van der Waals surface area contributed by atoms with Crippen LogP contribution >= 0.6 is 0 Å². The number of pyridine rings is 1. The molecule has 1 aliphatic carbocycles. The second-order valence-corrected chi connectivity index (χ2v) is 9.32. The number of carbonyl (C=O) groups is 3. The minimum atomic E-state index is -4.86. The molecule has 1 saturated carbocycles. The van der Waals surface area contributed by atoms with E-state index in [0.717, 1.165) is 17.0 Å². The van der Waals surface area contributed by atoms with Crippen LogP contribution in [0.2, 0.25) is 0 Å². The molecule has 0 radical (unpaired) electrons. The molecule has 0 bridgehead atoms. The number of urea groups is 1. The van der Waals surface area contributed by atoms with Crippen molar-refractivity contribution in [2.24, 2.45) is 5.92 Å². The summed E-state index contributed by atoms with van der Waals surface area (Å²) in [5.41, 5.74) is -0.549. The molecule has 1 spiro atoms. The molecule has 1 aromatic heterocycles. The number of carbonyl (C=O) groups excluding carboxylic acids is 3. The average molecular weight is 503 g/mol. The summed E-state index contributed by atoms with van der Waals surface area (Å²) >= 11 is 0. The number of nitrogens with zero attached hydrogens (tertiary/aromatic N) is 5. The number of alkyl halides is 3. The standard InChI is InChI=1S/C24H24F3N5O4/c1-15-13-23(15)21(34)31(16-3-5-17(6-4-16)36-24(25,26)27)22(35)32(23)19-7-8-28-14-18(19)20(33)30-11-9-29(2)10-12-30/h3-8,14-15H,9-13H2,1-2H3. The Morgan fingerprint density at radius 2 is 1.72 bits per heavy atom. The van der Waals surface area contributed by atoms with Crippen molar-refractivity contribution in [3.05, 3.63) is 48.3 Å². The van der Waals surface area contributed by atoms with Crippen molar-refractivity contribution in [2.45, 2.75) is 25.2 Å². The topological polar surface area (TPSA) is 86.3 Å². The number of aromatic nitrogens is 1. The van der Waals surface area contributed by atoms with Crippen LogP contribution in [0.5, 0.6) is 5.75 Å². The number of imide groups is 1. The average Bonchev–Trinajstić information content (AvgIpc) is 3.45. The molecule has 2 aliphatic heterocycles. The number of hydrogen-bond acceptors (Lipinski definition) is 6. The Hall–Kier alpha value is -3.67. The fourth-order valence-corrected chi connectivity index (χ4v) is 4.93. The summed E-state index contributed by atoms with van der Waals surface area (Å²) < 4.78 is 41.5. The van der Waals surface area contributed by atoms with Gasteiger partial charge in [0, 0.05) is 38.6 Å². The molecule has 2 aromatic rings. The molecule has 5 rings (SSSR count). The lowest BCUT2D eigenvalue weighted by atomic mass is 10.1.